The summed E-state index contributed by atoms with van der Waals surface area (Å²) < 4.78 is 0. The quantitative estimate of drug-likeness (QED) is 0.334. The van der Waals surface area contributed by atoms with E-state index in [2.05, 4.69) is 16.0 Å². The molecule has 1 aromatic rings. The number of benzene rings is 1. The Morgan fingerprint density at radius 3 is 1.70 bits per heavy atom. The number of carbonyl (C=O) groups is 4. The summed E-state index contributed by atoms with van der Waals surface area (Å²) in [5.41, 5.74) is 3.39. The van der Waals surface area contributed by atoms with Crippen LogP contribution in [-0.2, 0) is 0 Å². The molecule has 2 amide bonds. The van der Waals surface area contributed by atoms with Crippen molar-refractivity contribution in [2.24, 2.45) is 5.73 Å². The van der Waals surface area contributed by atoms with Crippen molar-refractivity contribution in [2.45, 2.75) is 0 Å². The highest BCUT2D eigenvalue weighted by atomic mass is 16.4. The largest absolute Gasteiger partial charge is 0.478 e. The predicted octanol–water partition coefficient (Wildman–Crippen LogP) is -1.36. The van der Waals surface area contributed by atoms with E-state index in [0.29, 0.717) is 0 Å². The second-order valence-corrected chi connectivity index (χ2v) is 4.30. The maximum atomic E-state index is 12.0. The highest BCUT2D eigenvalue weighted by Gasteiger charge is 2.25. The van der Waals surface area contributed by atoms with Gasteiger partial charge in [-0.15, -0.1) is 0 Å². The zero-order valence-electron chi connectivity index (χ0n) is 12.2. The van der Waals surface area contributed by atoms with Gasteiger partial charge in [-0.2, -0.15) is 0 Å². The van der Waals surface area contributed by atoms with Gasteiger partial charge >= 0.3 is 11.9 Å². The van der Waals surface area contributed by atoms with Gasteiger partial charge in [-0.3, -0.25) is 9.59 Å². The molecule has 0 unspecified atom stereocenters. The number of rotatable bonds is 7. The molecular weight excluding hydrogens is 308 g/mol. The first-order valence-corrected chi connectivity index (χ1v) is 6.39. The molecule has 0 aliphatic rings. The van der Waals surface area contributed by atoms with Crippen LogP contribution in [0.4, 0.5) is 0 Å². The maximum absolute atomic E-state index is 12.0. The lowest BCUT2D eigenvalue weighted by Gasteiger charge is -2.12. The van der Waals surface area contributed by atoms with Gasteiger partial charge in [0, 0.05) is 0 Å². The zero-order valence-corrected chi connectivity index (χ0v) is 12.2. The molecule has 0 radical (unpaired) electrons. The minimum absolute atomic E-state index is 0.0513. The molecule has 10 heteroatoms. The topological polar surface area (TPSA) is 171 Å². The van der Waals surface area contributed by atoms with Gasteiger partial charge in [-0.05, 0) is 19.2 Å². The van der Waals surface area contributed by atoms with Gasteiger partial charge in [0.2, 0.25) is 0 Å². The Hall–Kier alpha value is -2.98. The Morgan fingerprint density at radius 1 is 0.913 bits per heavy atom. The van der Waals surface area contributed by atoms with Crippen LogP contribution in [0.1, 0.15) is 41.4 Å². The molecule has 0 fully saturated rings. The number of nitrogens with one attached hydrogen (secondary N) is 3. The first-order valence-electron chi connectivity index (χ1n) is 6.39. The second-order valence-electron chi connectivity index (χ2n) is 4.30. The van der Waals surface area contributed by atoms with Crippen molar-refractivity contribution in [3.63, 3.8) is 0 Å². The van der Waals surface area contributed by atoms with E-state index in [-0.39, 0.29) is 18.9 Å². The Balaban J connectivity index is 3.50. The normalized spacial score (nSPS) is 10.0. The van der Waals surface area contributed by atoms with Crippen LogP contribution in [-0.4, -0.2) is 54.4 Å². The average molecular weight is 324 g/mol. The summed E-state index contributed by atoms with van der Waals surface area (Å²) in [6.45, 7) is -0.208. The highest BCUT2D eigenvalue weighted by molar-refractivity contribution is 6.11. The van der Waals surface area contributed by atoms with Crippen LogP contribution in [0.15, 0.2) is 12.1 Å². The van der Waals surface area contributed by atoms with Crippen molar-refractivity contribution >= 4 is 23.8 Å². The lowest BCUT2D eigenvalue weighted by Crippen LogP contribution is -2.34. The van der Waals surface area contributed by atoms with Crippen LogP contribution in [0.3, 0.4) is 0 Å². The van der Waals surface area contributed by atoms with E-state index in [0.717, 1.165) is 12.1 Å². The van der Waals surface area contributed by atoms with Crippen molar-refractivity contribution in [3.8, 4) is 0 Å². The molecule has 10 nitrogen and oxygen atoms in total. The molecule has 0 aliphatic carbocycles. The molecule has 124 valence electrons. The third kappa shape index (κ3) is 4.25. The van der Waals surface area contributed by atoms with E-state index in [9.17, 15) is 29.4 Å². The van der Waals surface area contributed by atoms with Gasteiger partial charge in [0.05, 0.1) is 35.6 Å². The monoisotopic (exact) mass is 324 g/mol. The summed E-state index contributed by atoms with van der Waals surface area (Å²) in [7, 11) is 1.56. The molecule has 0 atom stereocenters. The Labute approximate surface area is 130 Å². The lowest BCUT2D eigenvalue weighted by molar-refractivity contribution is 0.0675. The molecule has 1 aromatic carbocycles. The fourth-order valence-electron chi connectivity index (χ4n) is 1.78. The molecular formula is C13H16N4O6. The summed E-state index contributed by atoms with van der Waals surface area (Å²) in [6.07, 6.45) is 0. The van der Waals surface area contributed by atoms with E-state index in [1.54, 1.807) is 7.05 Å². The highest BCUT2D eigenvalue weighted by Crippen LogP contribution is 2.18. The fourth-order valence-corrected chi connectivity index (χ4v) is 1.78. The average Bonchev–Trinajstić information content (AvgIpc) is 2.51. The third-order valence-corrected chi connectivity index (χ3v) is 2.80. The first kappa shape index (κ1) is 18.1. The SMILES string of the molecule is CNCNC(=O)c1cc(C(=O)O)c(C(=O)NCN)cc1C(=O)O. The maximum Gasteiger partial charge on any atom is 0.336 e. The third-order valence-electron chi connectivity index (χ3n) is 2.80. The van der Waals surface area contributed by atoms with Crippen molar-refractivity contribution in [1.82, 2.24) is 16.0 Å². The minimum Gasteiger partial charge on any atom is -0.478 e. The minimum atomic E-state index is -1.48. The van der Waals surface area contributed by atoms with Gasteiger partial charge in [0.1, 0.15) is 0 Å². The van der Waals surface area contributed by atoms with Crippen LogP contribution in [0.25, 0.3) is 0 Å². The number of aromatic carboxylic acids is 2. The second kappa shape index (κ2) is 7.87. The number of hydrogen-bond acceptors (Lipinski definition) is 6. The number of carboxylic acid groups (broad SMARTS) is 2. The van der Waals surface area contributed by atoms with Crippen LogP contribution < -0.4 is 21.7 Å². The van der Waals surface area contributed by atoms with E-state index >= 15 is 0 Å². The van der Waals surface area contributed by atoms with Gasteiger partial charge in [0.15, 0.2) is 0 Å². The molecule has 23 heavy (non-hydrogen) atoms. The lowest BCUT2D eigenvalue weighted by atomic mass is 9.97. The van der Waals surface area contributed by atoms with Gasteiger partial charge < -0.3 is 31.9 Å². The van der Waals surface area contributed by atoms with Crippen molar-refractivity contribution < 1.29 is 29.4 Å². The molecule has 0 bridgehead atoms. The molecule has 0 saturated heterocycles. The Bertz CT molecular complexity index is 658. The van der Waals surface area contributed by atoms with Crippen LogP contribution in [0.5, 0.6) is 0 Å². The van der Waals surface area contributed by atoms with Gasteiger partial charge in [-0.1, -0.05) is 0 Å². The summed E-state index contributed by atoms with van der Waals surface area (Å²) in [6, 6.07) is 1.69. The van der Waals surface area contributed by atoms with Crippen LogP contribution in [0.2, 0.25) is 0 Å². The zero-order chi connectivity index (χ0) is 17.6. The van der Waals surface area contributed by atoms with Crippen LogP contribution in [0, 0.1) is 0 Å². The molecule has 0 spiro atoms. The van der Waals surface area contributed by atoms with E-state index in [1.165, 1.54) is 0 Å². The number of amides is 2. The van der Waals surface area contributed by atoms with Crippen molar-refractivity contribution in [1.29, 1.82) is 0 Å². The summed E-state index contributed by atoms with van der Waals surface area (Å²) in [4.78, 5) is 46.4. The summed E-state index contributed by atoms with van der Waals surface area (Å²) in [5, 5.41) is 25.6. The first-order chi connectivity index (χ1) is 10.8. The molecule has 0 saturated carbocycles. The van der Waals surface area contributed by atoms with E-state index in [1.807, 2.05) is 0 Å². The fraction of sp³-hybridized carbons (Fsp3) is 0.231. The van der Waals surface area contributed by atoms with E-state index < -0.39 is 40.4 Å². The number of carboxylic acids is 2. The standard InChI is InChI=1S/C13H16N4O6/c1-15-5-17-11(19)7-3-8(12(20)21)6(10(18)16-4-14)2-9(7)13(22)23/h2-3,15H,4-5,14H2,1H3,(H,16,18)(H,17,19)(H,20,21)(H,22,23). The molecule has 0 heterocycles. The molecule has 7 N–H and O–H groups in total. The number of nitrogens with two attached hydrogens (primary N) is 1. The van der Waals surface area contributed by atoms with E-state index in [4.69, 9.17) is 5.73 Å². The van der Waals surface area contributed by atoms with Gasteiger partial charge in [-0.25, -0.2) is 9.59 Å². The molecule has 0 aromatic heterocycles. The van der Waals surface area contributed by atoms with Crippen LogP contribution >= 0.6 is 0 Å². The molecule has 1 rings (SSSR count). The van der Waals surface area contributed by atoms with Crippen molar-refractivity contribution in [3.05, 3.63) is 34.4 Å². The summed E-state index contributed by atoms with van der Waals surface area (Å²) in [5.74, 6) is -4.59. The Kier molecular flexibility index (Phi) is 6.18. The predicted molar refractivity (Wildman–Crippen MR) is 78.3 cm³/mol. The number of hydrogen-bond donors (Lipinski definition) is 6. The molecule has 0 aliphatic heterocycles. The van der Waals surface area contributed by atoms with Gasteiger partial charge in [0.25, 0.3) is 11.8 Å². The number of carbonyl (C=O) groups excluding carboxylic acids is 2. The van der Waals surface area contributed by atoms with Crippen molar-refractivity contribution in [2.75, 3.05) is 20.4 Å². The smallest absolute Gasteiger partial charge is 0.336 e. The summed E-state index contributed by atoms with van der Waals surface area (Å²) >= 11 is 0. The Morgan fingerprint density at radius 2 is 1.35 bits per heavy atom.